The average molecular weight is 229 g/mol. The van der Waals surface area contributed by atoms with Gasteiger partial charge >= 0.3 is 0 Å². The molecule has 1 atom stereocenters. The summed E-state index contributed by atoms with van der Waals surface area (Å²) in [5.41, 5.74) is 12.5. The van der Waals surface area contributed by atoms with Crippen molar-refractivity contribution in [3.05, 3.63) is 28.8 Å². The van der Waals surface area contributed by atoms with E-state index in [0.29, 0.717) is 17.3 Å². The number of methoxy groups -OCH3 is 1. The van der Waals surface area contributed by atoms with Gasteiger partial charge in [-0.2, -0.15) is 0 Å². The smallest absolute Gasteiger partial charge is 0.137 e. The van der Waals surface area contributed by atoms with Gasteiger partial charge in [-0.15, -0.1) is 0 Å². The van der Waals surface area contributed by atoms with Gasteiger partial charge in [0, 0.05) is 6.04 Å². The van der Waals surface area contributed by atoms with Crippen molar-refractivity contribution in [3.8, 4) is 5.75 Å². The molecule has 0 amide bonds. The highest BCUT2D eigenvalue weighted by Crippen LogP contribution is 2.28. The Bertz CT molecular complexity index is 317. The molecule has 0 aliphatic rings. The lowest BCUT2D eigenvalue weighted by molar-refractivity contribution is 0.414. The zero-order valence-electron chi connectivity index (χ0n) is 8.87. The number of hydrogen-bond acceptors (Lipinski definition) is 3. The van der Waals surface area contributed by atoms with Crippen LogP contribution in [0.15, 0.2) is 18.2 Å². The monoisotopic (exact) mass is 228 g/mol. The van der Waals surface area contributed by atoms with E-state index in [9.17, 15) is 0 Å². The third kappa shape index (κ3) is 3.38. The molecule has 3 nitrogen and oxygen atoms in total. The lowest BCUT2D eigenvalue weighted by atomic mass is 10.0. The van der Waals surface area contributed by atoms with Crippen molar-refractivity contribution in [2.75, 3.05) is 13.7 Å². The van der Waals surface area contributed by atoms with Crippen molar-refractivity contribution in [3.63, 3.8) is 0 Å². The van der Waals surface area contributed by atoms with Crippen LogP contribution in [0.1, 0.15) is 24.4 Å². The number of ether oxygens (including phenoxy) is 1. The minimum atomic E-state index is -0.000262. The van der Waals surface area contributed by atoms with Gasteiger partial charge in [0.2, 0.25) is 0 Å². The van der Waals surface area contributed by atoms with E-state index in [0.717, 1.165) is 18.4 Å². The van der Waals surface area contributed by atoms with Crippen LogP contribution in [-0.2, 0) is 0 Å². The van der Waals surface area contributed by atoms with Gasteiger partial charge in [-0.25, -0.2) is 0 Å². The van der Waals surface area contributed by atoms with Gasteiger partial charge in [0.1, 0.15) is 5.75 Å². The summed E-state index contributed by atoms with van der Waals surface area (Å²) in [6.45, 7) is 0.665. The fourth-order valence-electron chi connectivity index (χ4n) is 1.41. The molecule has 1 rings (SSSR count). The minimum absolute atomic E-state index is 0.000262. The lowest BCUT2D eigenvalue weighted by Gasteiger charge is -2.13. The first kappa shape index (κ1) is 12.3. The highest BCUT2D eigenvalue weighted by atomic mass is 35.5. The van der Waals surface area contributed by atoms with Gasteiger partial charge in [-0.1, -0.05) is 17.7 Å². The van der Waals surface area contributed by atoms with Crippen LogP contribution in [0.25, 0.3) is 0 Å². The van der Waals surface area contributed by atoms with Gasteiger partial charge in [-0.3, -0.25) is 0 Å². The minimum Gasteiger partial charge on any atom is -0.495 e. The first-order valence-corrected chi connectivity index (χ1v) is 5.36. The first-order chi connectivity index (χ1) is 7.19. The molecule has 4 N–H and O–H groups in total. The van der Waals surface area contributed by atoms with Crippen LogP contribution in [0, 0.1) is 0 Å². The third-order valence-electron chi connectivity index (χ3n) is 2.32. The molecule has 0 fully saturated rings. The number of nitrogens with two attached hydrogens (primary N) is 2. The summed E-state index contributed by atoms with van der Waals surface area (Å²) >= 11 is 5.92. The molecule has 84 valence electrons. The summed E-state index contributed by atoms with van der Waals surface area (Å²) in [4.78, 5) is 0. The van der Waals surface area contributed by atoms with E-state index in [1.54, 1.807) is 13.2 Å². The molecule has 1 aromatic rings. The van der Waals surface area contributed by atoms with Crippen molar-refractivity contribution in [1.29, 1.82) is 0 Å². The standard InChI is InChI=1S/C11H17ClN2O/c1-15-11-7-8(4-5-9(11)12)10(14)3-2-6-13/h4-5,7,10H,2-3,6,13-14H2,1H3/t10-/m1/s1. The predicted octanol–water partition coefficient (Wildman–Crippen LogP) is 2.09. The van der Waals surface area contributed by atoms with Gasteiger partial charge in [0.25, 0.3) is 0 Å². The van der Waals surface area contributed by atoms with Crippen molar-refractivity contribution in [2.24, 2.45) is 11.5 Å². The second kappa shape index (κ2) is 5.95. The van der Waals surface area contributed by atoms with E-state index in [2.05, 4.69) is 0 Å². The third-order valence-corrected chi connectivity index (χ3v) is 2.63. The van der Waals surface area contributed by atoms with Crippen LogP contribution in [0.3, 0.4) is 0 Å². The summed E-state index contributed by atoms with van der Waals surface area (Å²) in [7, 11) is 1.59. The SMILES string of the molecule is COc1cc([C@H](N)CCCN)ccc1Cl. The van der Waals surface area contributed by atoms with Crippen LogP contribution in [0.4, 0.5) is 0 Å². The fraction of sp³-hybridized carbons (Fsp3) is 0.455. The van der Waals surface area contributed by atoms with Gasteiger partial charge in [-0.05, 0) is 37.1 Å². The molecule has 0 bridgehead atoms. The average Bonchev–Trinajstić information content (AvgIpc) is 2.26. The van der Waals surface area contributed by atoms with Crippen molar-refractivity contribution < 1.29 is 4.74 Å². The van der Waals surface area contributed by atoms with Gasteiger partial charge < -0.3 is 16.2 Å². The second-order valence-corrected chi connectivity index (χ2v) is 3.84. The van der Waals surface area contributed by atoms with Crippen LogP contribution >= 0.6 is 11.6 Å². The zero-order valence-corrected chi connectivity index (χ0v) is 9.63. The van der Waals surface area contributed by atoms with E-state index in [-0.39, 0.29) is 6.04 Å². The molecular weight excluding hydrogens is 212 g/mol. The molecule has 0 saturated carbocycles. The summed E-state index contributed by atoms with van der Waals surface area (Å²) in [6.07, 6.45) is 1.80. The fourth-order valence-corrected chi connectivity index (χ4v) is 1.61. The Morgan fingerprint density at radius 3 is 2.80 bits per heavy atom. The Labute approximate surface area is 95.4 Å². The Morgan fingerprint density at radius 2 is 2.20 bits per heavy atom. The van der Waals surface area contributed by atoms with E-state index in [4.69, 9.17) is 27.8 Å². The van der Waals surface area contributed by atoms with E-state index in [1.807, 2.05) is 12.1 Å². The molecule has 0 aliphatic heterocycles. The Morgan fingerprint density at radius 1 is 1.47 bits per heavy atom. The molecule has 0 aromatic heterocycles. The molecular formula is C11H17ClN2O. The maximum atomic E-state index is 6.00. The predicted molar refractivity (Wildman–Crippen MR) is 63.2 cm³/mol. The van der Waals surface area contributed by atoms with Crippen molar-refractivity contribution in [2.45, 2.75) is 18.9 Å². The summed E-state index contributed by atoms with van der Waals surface area (Å²) in [5.74, 6) is 0.664. The molecule has 15 heavy (non-hydrogen) atoms. The number of benzene rings is 1. The molecule has 1 aromatic carbocycles. The molecule has 0 saturated heterocycles. The van der Waals surface area contributed by atoms with Crippen LogP contribution < -0.4 is 16.2 Å². The molecule has 4 heteroatoms. The van der Waals surface area contributed by atoms with Gasteiger partial charge in [0.15, 0.2) is 0 Å². The van der Waals surface area contributed by atoms with E-state index in [1.165, 1.54) is 0 Å². The molecule has 0 unspecified atom stereocenters. The van der Waals surface area contributed by atoms with Crippen LogP contribution in [0.5, 0.6) is 5.75 Å². The largest absolute Gasteiger partial charge is 0.495 e. The number of halogens is 1. The van der Waals surface area contributed by atoms with Crippen LogP contribution in [-0.4, -0.2) is 13.7 Å². The van der Waals surface area contributed by atoms with Crippen molar-refractivity contribution >= 4 is 11.6 Å². The summed E-state index contributed by atoms with van der Waals surface area (Å²) in [5, 5.41) is 0.604. The highest BCUT2D eigenvalue weighted by molar-refractivity contribution is 6.32. The quantitative estimate of drug-likeness (QED) is 0.811. The number of hydrogen-bond donors (Lipinski definition) is 2. The molecule has 0 heterocycles. The summed E-state index contributed by atoms with van der Waals surface area (Å²) in [6, 6.07) is 5.60. The van der Waals surface area contributed by atoms with E-state index < -0.39 is 0 Å². The molecule has 0 radical (unpaired) electrons. The number of rotatable bonds is 5. The van der Waals surface area contributed by atoms with Gasteiger partial charge in [0.05, 0.1) is 12.1 Å². The maximum absolute atomic E-state index is 6.00. The second-order valence-electron chi connectivity index (χ2n) is 3.43. The van der Waals surface area contributed by atoms with Crippen molar-refractivity contribution in [1.82, 2.24) is 0 Å². The Kier molecular flexibility index (Phi) is 4.88. The Hall–Kier alpha value is -0.770. The van der Waals surface area contributed by atoms with Crippen LogP contribution in [0.2, 0.25) is 5.02 Å². The highest BCUT2D eigenvalue weighted by Gasteiger charge is 2.08. The normalized spacial score (nSPS) is 12.5. The lowest BCUT2D eigenvalue weighted by Crippen LogP contribution is -2.12. The molecule has 0 spiro atoms. The van der Waals surface area contributed by atoms with E-state index >= 15 is 0 Å². The first-order valence-electron chi connectivity index (χ1n) is 4.98. The summed E-state index contributed by atoms with van der Waals surface area (Å²) < 4.78 is 5.13. The zero-order chi connectivity index (χ0) is 11.3. The molecule has 0 aliphatic carbocycles. The maximum Gasteiger partial charge on any atom is 0.137 e. The Balaban J connectivity index is 2.76. The topological polar surface area (TPSA) is 61.3 Å².